The number of aldehydes is 1. The monoisotopic (exact) mass is 468 g/mol. The summed E-state index contributed by atoms with van der Waals surface area (Å²) in [7, 11) is 1.67. The molecule has 2 aromatic carbocycles. The first-order valence-electron chi connectivity index (χ1n) is 10.9. The molecule has 2 aromatic rings. The molecule has 0 saturated heterocycles. The van der Waals surface area contributed by atoms with E-state index in [1.165, 1.54) is 12.1 Å². The number of hydrogen-bond acceptors (Lipinski definition) is 6. The van der Waals surface area contributed by atoms with Crippen LogP contribution in [-0.2, 0) is 22.5 Å². The third kappa shape index (κ3) is 7.10. The number of hydrogen-bond donors (Lipinski definition) is 3. The number of anilines is 1. The molecule has 0 atom stereocenters. The lowest BCUT2D eigenvalue weighted by Crippen LogP contribution is -2.37. The van der Waals surface area contributed by atoms with Crippen molar-refractivity contribution >= 4 is 30.1 Å². The number of ether oxygens (including phenoxy) is 1. The van der Waals surface area contributed by atoms with Crippen molar-refractivity contribution in [1.29, 1.82) is 0 Å². The lowest BCUT2D eigenvalue weighted by atomic mass is 10.00. The topological polar surface area (TPSA) is 116 Å². The highest BCUT2D eigenvalue weighted by atomic mass is 16.6. The molecular formula is C26H32N2O6. The number of nitrogens with one attached hydrogen (secondary N) is 1. The molecule has 0 unspecified atom stereocenters. The predicted molar refractivity (Wildman–Crippen MR) is 131 cm³/mol. The van der Waals surface area contributed by atoms with E-state index in [9.17, 15) is 24.6 Å². The Bertz CT molecular complexity index is 1090. The molecule has 0 fully saturated rings. The van der Waals surface area contributed by atoms with Crippen molar-refractivity contribution < 1.29 is 29.3 Å². The second-order valence-corrected chi connectivity index (χ2v) is 8.88. The minimum atomic E-state index is -1.01. The van der Waals surface area contributed by atoms with Crippen LogP contribution in [0.1, 0.15) is 53.4 Å². The van der Waals surface area contributed by atoms with E-state index in [4.69, 9.17) is 4.74 Å². The number of nitrogens with zero attached hydrogens (tertiary/aromatic N) is 1. The first-order chi connectivity index (χ1) is 16.0. The fraction of sp³-hybridized carbons (Fsp3) is 0.346. The predicted octanol–water partition coefficient (Wildman–Crippen LogP) is 4.63. The summed E-state index contributed by atoms with van der Waals surface area (Å²) in [4.78, 5) is 36.7. The van der Waals surface area contributed by atoms with Crippen LogP contribution in [0.4, 0.5) is 10.5 Å². The average molecular weight is 469 g/mol. The summed E-state index contributed by atoms with van der Waals surface area (Å²) in [5, 5.41) is 22.4. The smallest absolute Gasteiger partial charge is 0.410 e. The van der Waals surface area contributed by atoms with Gasteiger partial charge in [0.05, 0.1) is 11.3 Å². The van der Waals surface area contributed by atoms with Gasteiger partial charge in [0.25, 0.3) is 0 Å². The summed E-state index contributed by atoms with van der Waals surface area (Å²) in [6, 6.07) is 8.10. The van der Waals surface area contributed by atoms with E-state index in [-0.39, 0.29) is 17.9 Å². The van der Waals surface area contributed by atoms with Gasteiger partial charge in [0.2, 0.25) is 0 Å². The van der Waals surface area contributed by atoms with E-state index in [2.05, 4.69) is 5.32 Å². The zero-order valence-corrected chi connectivity index (χ0v) is 20.2. The van der Waals surface area contributed by atoms with Crippen LogP contribution in [0.25, 0.3) is 6.08 Å². The number of benzene rings is 2. The van der Waals surface area contributed by atoms with E-state index < -0.39 is 17.7 Å². The number of carbonyl (C=O) groups excluding carboxylic acids is 2. The molecule has 8 heteroatoms. The van der Waals surface area contributed by atoms with Crippen LogP contribution >= 0.6 is 0 Å². The van der Waals surface area contributed by atoms with Crippen molar-refractivity contribution in [2.24, 2.45) is 0 Å². The number of carboxylic acids is 1. The van der Waals surface area contributed by atoms with Gasteiger partial charge < -0.3 is 25.2 Å². The Morgan fingerprint density at radius 3 is 2.38 bits per heavy atom. The van der Waals surface area contributed by atoms with Crippen LogP contribution in [0, 0.1) is 6.92 Å². The van der Waals surface area contributed by atoms with Gasteiger partial charge in [-0.25, -0.2) is 9.59 Å². The highest BCUT2D eigenvalue weighted by Crippen LogP contribution is 2.31. The number of aromatic carboxylic acids is 1. The zero-order valence-electron chi connectivity index (χ0n) is 20.2. The summed E-state index contributed by atoms with van der Waals surface area (Å²) in [5.41, 5.74) is 3.02. The molecule has 2 rings (SSSR count). The quantitative estimate of drug-likeness (QED) is 0.279. The third-order valence-electron chi connectivity index (χ3n) is 5.16. The first kappa shape index (κ1) is 26.4. The highest BCUT2D eigenvalue weighted by molar-refractivity contribution is 5.88. The van der Waals surface area contributed by atoms with E-state index in [0.717, 1.165) is 16.7 Å². The fourth-order valence-electron chi connectivity index (χ4n) is 3.49. The number of aromatic hydroxyl groups is 1. The second-order valence-electron chi connectivity index (χ2n) is 8.88. The molecule has 0 aromatic heterocycles. The van der Waals surface area contributed by atoms with Gasteiger partial charge in [0.15, 0.2) is 0 Å². The number of phenolic OH excluding ortho intramolecular Hbond substituents is 1. The number of carbonyl (C=O) groups is 3. The Morgan fingerprint density at radius 1 is 1.15 bits per heavy atom. The van der Waals surface area contributed by atoms with Gasteiger partial charge in [-0.1, -0.05) is 12.1 Å². The molecule has 34 heavy (non-hydrogen) atoms. The number of allylic oxidation sites excluding steroid dienone is 1. The Morgan fingerprint density at radius 2 is 1.82 bits per heavy atom. The van der Waals surface area contributed by atoms with Crippen LogP contribution in [-0.4, -0.2) is 52.7 Å². The summed E-state index contributed by atoms with van der Waals surface area (Å²) < 4.78 is 5.60. The Balaban J connectivity index is 2.37. The Hall–Kier alpha value is -3.81. The molecule has 8 nitrogen and oxygen atoms in total. The van der Waals surface area contributed by atoms with E-state index in [0.29, 0.717) is 30.5 Å². The van der Waals surface area contributed by atoms with E-state index >= 15 is 0 Å². The Kier molecular flexibility index (Phi) is 8.83. The lowest BCUT2D eigenvalue weighted by molar-refractivity contribution is -0.104. The molecule has 0 aliphatic rings. The second kappa shape index (κ2) is 11.4. The summed E-state index contributed by atoms with van der Waals surface area (Å²) in [5.74, 6) is -0.961. The standard InChI is InChI=1S/C26H32N2O6/c1-17-15-19(24(31)32)8-9-20(17)16-28(25(33)34-26(2,3)4)13-12-18-10-11-22(30)23(27-5)21(18)7-6-14-29/h6-11,14-15,27,30H,12-13,16H2,1-5H3,(H,31,32)/b7-6-. The van der Waals surface area contributed by atoms with Crippen molar-refractivity contribution in [3.63, 3.8) is 0 Å². The number of amides is 1. The number of rotatable bonds is 9. The van der Waals surface area contributed by atoms with Crippen LogP contribution in [0.5, 0.6) is 5.75 Å². The van der Waals surface area contributed by atoms with E-state index in [1.807, 2.05) is 0 Å². The van der Waals surface area contributed by atoms with E-state index in [1.54, 1.807) is 70.0 Å². The number of phenols is 1. The largest absolute Gasteiger partial charge is 0.506 e. The van der Waals surface area contributed by atoms with Gasteiger partial charge in [0, 0.05) is 25.7 Å². The molecule has 0 aliphatic heterocycles. The summed E-state index contributed by atoms with van der Waals surface area (Å²) in [6.07, 6.45) is 3.55. The zero-order chi connectivity index (χ0) is 25.5. The van der Waals surface area contributed by atoms with Crippen LogP contribution in [0.2, 0.25) is 0 Å². The molecule has 0 heterocycles. The first-order valence-corrected chi connectivity index (χ1v) is 10.9. The minimum absolute atomic E-state index is 0.0509. The maximum atomic E-state index is 13.0. The summed E-state index contributed by atoms with van der Waals surface area (Å²) >= 11 is 0. The molecule has 1 amide bonds. The average Bonchev–Trinajstić information content (AvgIpc) is 2.75. The Labute approximate surface area is 199 Å². The molecule has 182 valence electrons. The maximum absolute atomic E-state index is 13.0. The van der Waals surface area contributed by atoms with Gasteiger partial charge in [-0.2, -0.15) is 0 Å². The van der Waals surface area contributed by atoms with Crippen molar-refractivity contribution in [2.45, 2.75) is 46.3 Å². The molecule has 0 radical (unpaired) electrons. The van der Waals surface area contributed by atoms with Crippen molar-refractivity contribution in [3.8, 4) is 5.75 Å². The number of aryl methyl sites for hydroxylation is 1. The van der Waals surface area contributed by atoms with Crippen LogP contribution in [0.15, 0.2) is 36.4 Å². The van der Waals surface area contributed by atoms with Crippen molar-refractivity contribution in [3.05, 3.63) is 64.2 Å². The third-order valence-corrected chi connectivity index (χ3v) is 5.16. The SMILES string of the molecule is CNc1c(O)ccc(CCN(Cc2ccc(C(=O)O)cc2C)C(=O)OC(C)(C)C)c1/C=C\C=O. The highest BCUT2D eigenvalue weighted by Gasteiger charge is 2.23. The lowest BCUT2D eigenvalue weighted by Gasteiger charge is -2.28. The molecular weight excluding hydrogens is 436 g/mol. The van der Waals surface area contributed by atoms with Gasteiger partial charge in [-0.05, 0) is 81.2 Å². The fourth-order valence-corrected chi connectivity index (χ4v) is 3.49. The van der Waals surface area contributed by atoms with Crippen molar-refractivity contribution in [1.82, 2.24) is 4.90 Å². The summed E-state index contributed by atoms with van der Waals surface area (Å²) in [6.45, 7) is 7.70. The van der Waals surface area contributed by atoms with Gasteiger partial charge in [-0.3, -0.25) is 4.79 Å². The van der Waals surface area contributed by atoms with Crippen LogP contribution < -0.4 is 5.32 Å². The molecule has 0 aliphatic carbocycles. The van der Waals surface area contributed by atoms with Crippen LogP contribution in [0.3, 0.4) is 0 Å². The molecule has 0 spiro atoms. The van der Waals surface area contributed by atoms with Crippen molar-refractivity contribution in [2.75, 3.05) is 18.9 Å². The van der Waals surface area contributed by atoms with Gasteiger partial charge >= 0.3 is 12.1 Å². The van der Waals surface area contributed by atoms with Gasteiger partial charge in [-0.15, -0.1) is 0 Å². The minimum Gasteiger partial charge on any atom is -0.506 e. The number of carboxylic acid groups (broad SMARTS) is 1. The molecule has 3 N–H and O–H groups in total. The maximum Gasteiger partial charge on any atom is 0.410 e. The molecule has 0 saturated carbocycles. The molecule has 0 bridgehead atoms. The van der Waals surface area contributed by atoms with Gasteiger partial charge in [0.1, 0.15) is 17.6 Å². The normalized spacial score (nSPS) is 11.3.